The molecule has 150 valence electrons. The van der Waals surface area contributed by atoms with Crippen LogP contribution in [0.4, 0.5) is 5.82 Å². The Bertz CT molecular complexity index is 761. The Morgan fingerprint density at radius 2 is 1.75 bits per heavy atom. The number of aromatic nitrogens is 2. The van der Waals surface area contributed by atoms with Crippen molar-refractivity contribution in [3.63, 3.8) is 0 Å². The molecule has 0 unspecified atom stereocenters. The molecule has 3 rings (SSSR count). The third kappa shape index (κ3) is 5.56. The molecule has 1 aromatic heterocycles. The van der Waals surface area contributed by atoms with E-state index in [9.17, 15) is 4.79 Å². The van der Waals surface area contributed by atoms with Crippen molar-refractivity contribution >= 4 is 11.7 Å². The van der Waals surface area contributed by atoms with Gasteiger partial charge in [-0.05, 0) is 38.2 Å². The lowest BCUT2D eigenvalue weighted by Gasteiger charge is -2.33. The summed E-state index contributed by atoms with van der Waals surface area (Å²) < 4.78 is 11.0. The maximum absolute atomic E-state index is 12.4. The summed E-state index contributed by atoms with van der Waals surface area (Å²) >= 11 is 0. The molecule has 2 heterocycles. The monoisotopic (exact) mass is 385 g/mol. The van der Waals surface area contributed by atoms with Gasteiger partial charge in [0.05, 0.1) is 13.2 Å². The van der Waals surface area contributed by atoms with E-state index in [-0.39, 0.29) is 5.91 Å². The summed E-state index contributed by atoms with van der Waals surface area (Å²) in [5.41, 5.74) is 0.366. The van der Waals surface area contributed by atoms with Gasteiger partial charge in [-0.1, -0.05) is 0 Å². The van der Waals surface area contributed by atoms with E-state index in [0.717, 1.165) is 43.5 Å². The van der Waals surface area contributed by atoms with Crippen molar-refractivity contribution in [2.45, 2.75) is 6.92 Å². The quantitative estimate of drug-likeness (QED) is 0.689. The molecular formula is C20H27N5O3. The van der Waals surface area contributed by atoms with Gasteiger partial charge in [-0.25, -0.2) is 9.97 Å². The highest BCUT2D eigenvalue weighted by Gasteiger charge is 2.17. The molecule has 2 aromatic rings. The number of carbonyl (C=O) groups excluding carboxylic acids is 1. The van der Waals surface area contributed by atoms with Crippen molar-refractivity contribution in [3.05, 3.63) is 42.4 Å². The van der Waals surface area contributed by atoms with E-state index in [1.807, 2.05) is 31.2 Å². The molecule has 0 atom stereocenters. The average Bonchev–Trinajstić information content (AvgIpc) is 2.73. The summed E-state index contributed by atoms with van der Waals surface area (Å²) in [7, 11) is 2.10. The number of hydrogen-bond donors (Lipinski definition) is 1. The molecule has 8 nitrogen and oxygen atoms in total. The molecule has 1 fully saturated rings. The van der Waals surface area contributed by atoms with Crippen LogP contribution in [0.1, 0.15) is 17.4 Å². The number of anilines is 1. The predicted molar refractivity (Wildman–Crippen MR) is 107 cm³/mol. The third-order valence-electron chi connectivity index (χ3n) is 4.50. The molecule has 28 heavy (non-hydrogen) atoms. The Balaban J connectivity index is 1.45. The van der Waals surface area contributed by atoms with Crippen LogP contribution in [0.25, 0.3) is 0 Å². The normalized spacial score (nSPS) is 14.6. The van der Waals surface area contributed by atoms with Crippen LogP contribution >= 0.6 is 0 Å². The van der Waals surface area contributed by atoms with E-state index in [1.165, 1.54) is 6.33 Å². The van der Waals surface area contributed by atoms with Crippen LogP contribution in [-0.2, 0) is 0 Å². The van der Waals surface area contributed by atoms with Crippen LogP contribution in [0, 0.1) is 0 Å². The van der Waals surface area contributed by atoms with E-state index >= 15 is 0 Å². The van der Waals surface area contributed by atoms with Gasteiger partial charge in [-0.3, -0.25) is 4.79 Å². The molecule has 1 aliphatic rings. The fourth-order valence-electron chi connectivity index (χ4n) is 2.90. The van der Waals surface area contributed by atoms with Gasteiger partial charge in [-0.2, -0.15) is 0 Å². The lowest BCUT2D eigenvalue weighted by molar-refractivity contribution is 0.0942. The first kappa shape index (κ1) is 19.9. The first-order chi connectivity index (χ1) is 13.7. The number of benzene rings is 1. The average molecular weight is 385 g/mol. The second kappa shape index (κ2) is 9.89. The van der Waals surface area contributed by atoms with Crippen LogP contribution in [0.15, 0.2) is 36.7 Å². The van der Waals surface area contributed by atoms with Gasteiger partial charge < -0.3 is 24.6 Å². The second-order valence-electron chi connectivity index (χ2n) is 6.56. The maximum atomic E-state index is 12.4. The fourth-order valence-corrected chi connectivity index (χ4v) is 2.90. The molecule has 1 aliphatic heterocycles. The highest BCUT2D eigenvalue weighted by atomic mass is 16.5. The second-order valence-corrected chi connectivity index (χ2v) is 6.56. The largest absolute Gasteiger partial charge is 0.494 e. The highest BCUT2D eigenvalue weighted by Crippen LogP contribution is 2.17. The van der Waals surface area contributed by atoms with E-state index in [2.05, 4.69) is 32.1 Å². The Kier molecular flexibility index (Phi) is 7.02. The van der Waals surface area contributed by atoms with Crippen molar-refractivity contribution in [1.29, 1.82) is 0 Å². The lowest BCUT2D eigenvalue weighted by Crippen LogP contribution is -2.45. The van der Waals surface area contributed by atoms with Gasteiger partial charge in [0.15, 0.2) is 0 Å². The Hall–Kier alpha value is -2.87. The SMILES string of the molecule is CCOc1ccc(OCCNC(=O)c2cc(N3CCN(C)CC3)ncn2)cc1. The fraction of sp³-hybridized carbons (Fsp3) is 0.450. The molecule has 8 heteroatoms. The van der Waals surface area contributed by atoms with E-state index in [0.29, 0.717) is 25.5 Å². The number of hydrogen-bond acceptors (Lipinski definition) is 7. The van der Waals surface area contributed by atoms with Crippen LogP contribution in [0.5, 0.6) is 11.5 Å². The zero-order chi connectivity index (χ0) is 19.8. The topological polar surface area (TPSA) is 79.8 Å². The van der Waals surface area contributed by atoms with Crippen molar-refractivity contribution < 1.29 is 14.3 Å². The number of carbonyl (C=O) groups is 1. The summed E-state index contributed by atoms with van der Waals surface area (Å²) in [6.45, 7) is 7.08. The van der Waals surface area contributed by atoms with Gasteiger partial charge in [0.1, 0.15) is 35.9 Å². The molecular weight excluding hydrogens is 358 g/mol. The Labute approximate surface area is 165 Å². The summed E-state index contributed by atoms with van der Waals surface area (Å²) in [4.78, 5) is 25.2. The first-order valence-corrected chi connectivity index (χ1v) is 9.55. The summed E-state index contributed by atoms with van der Waals surface area (Å²) in [5, 5.41) is 2.83. The minimum absolute atomic E-state index is 0.229. The standard InChI is InChI=1S/C20H27N5O3/c1-3-27-16-4-6-17(7-5-16)28-13-8-21-20(26)18-14-19(23-15-22-18)25-11-9-24(2)10-12-25/h4-7,14-15H,3,8-13H2,1-2H3,(H,21,26). The molecule has 0 spiro atoms. The van der Waals surface area contributed by atoms with Gasteiger partial charge >= 0.3 is 0 Å². The molecule has 1 amide bonds. The van der Waals surface area contributed by atoms with Gasteiger partial charge in [0.2, 0.25) is 0 Å². The minimum atomic E-state index is -0.229. The van der Waals surface area contributed by atoms with Crippen molar-refractivity contribution in [3.8, 4) is 11.5 Å². The molecule has 0 radical (unpaired) electrons. The van der Waals surface area contributed by atoms with Crippen LogP contribution in [0.3, 0.4) is 0 Å². The van der Waals surface area contributed by atoms with Crippen molar-refractivity contribution in [2.75, 3.05) is 57.9 Å². The molecule has 1 aromatic carbocycles. The summed E-state index contributed by atoms with van der Waals surface area (Å²) in [5.74, 6) is 2.10. The minimum Gasteiger partial charge on any atom is -0.494 e. The Morgan fingerprint density at radius 3 is 2.43 bits per heavy atom. The lowest BCUT2D eigenvalue weighted by atomic mass is 10.3. The van der Waals surface area contributed by atoms with Crippen LogP contribution < -0.4 is 19.7 Å². The van der Waals surface area contributed by atoms with E-state index < -0.39 is 0 Å². The number of nitrogens with zero attached hydrogens (tertiary/aromatic N) is 4. The van der Waals surface area contributed by atoms with Gasteiger partial charge in [-0.15, -0.1) is 0 Å². The predicted octanol–water partition coefficient (Wildman–Crippen LogP) is 1.44. The summed E-state index contributed by atoms with van der Waals surface area (Å²) in [6, 6.07) is 9.16. The smallest absolute Gasteiger partial charge is 0.270 e. The number of nitrogens with one attached hydrogen (secondary N) is 1. The molecule has 0 aliphatic carbocycles. The maximum Gasteiger partial charge on any atom is 0.270 e. The molecule has 0 bridgehead atoms. The van der Waals surface area contributed by atoms with Gasteiger partial charge in [0, 0.05) is 32.2 Å². The number of likely N-dealkylation sites (N-methyl/N-ethyl adjacent to an activating group) is 1. The Morgan fingerprint density at radius 1 is 1.07 bits per heavy atom. The zero-order valence-electron chi connectivity index (χ0n) is 16.4. The zero-order valence-corrected chi connectivity index (χ0v) is 16.4. The third-order valence-corrected chi connectivity index (χ3v) is 4.50. The van der Waals surface area contributed by atoms with E-state index in [4.69, 9.17) is 9.47 Å². The number of piperazine rings is 1. The van der Waals surface area contributed by atoms with Crippen LogP contribution in [0.2, 0.25) is 0 Å². The number of rotatable bonds is 8. The molecule has 0 saturated carbocycles. The summed E-state index contributed by atoms with van der Waals surface area (Å²) in [6.07, 6.45) is 1.44. The van der Waals surface area contributed by atoms with Crippen molar-refractivity contribution in [1.82, 2.24) is 20.2 Å². The van der Waals surface area contributed by atoms with Crippen LogP contribution in [-0.4, -0.2) is 73.8 Å². The number of ether oxygens (including phenoxy) is 2. The molecule has 1 N–H and O–H groups in total. The highest BCUT2D eigenvalue weighted by molar-refractivity contribution is 5.92. The van der Waals surface area contributed by atoms with E-state index in [1.54, 1.807) is 6.07 Å². The number of amides is 1. The molecule has 1 saturated heterocycles. The first-order valence-electron chi connectivity index (χ1n) is 9.55. The van der Waals surface area contributed by atoms with Crippen molar-refractivity contribution in [2.24, 2.45) is 0 Å². The van der Waals surface area contributed by atoms with Gasteiger partial charge in [0.25, 0.3) is 5.91 Å².